The summed E-state index contributed by atoms with van der Waals surface area (Å²) in [5.41, 5.74) is 3.02. The lowest BCUT2D eigenvalue weighted by Gasteiger charge is -2.29. The van der Waals surface area contributed by atoms with E-state index in [0.717, 1.165) is 18.4 Å². The molecule has 98 valence electrons. The summed E-state index contributed by atoms with van der Waals surface area (Å²) in [6, 6.07) is 9.46. The van der Waals surface area contributed by atoms with Gasteiger partial charge in [0.2, 0.25) is 0 Å². The lowest BCUT2D eigenvalue weighted by molar-refractivity contribution is 0.268. The molecule has 2 heteroatoms. The predicted molar refractivity (Wildman–Crippen MR) is 75.5 cm³/mol. The van der Waals surface area contributed by atoms with Crippen molar-refractivity contribution in [2.24, 2.45) is 11.8 Å². The molecule has 1 aliphatic heterocycles. The number of rotatable bonds is 4. The van der Waals surface area contributed by atoms with Crippen LogP contribution in [0.2, 0.25) is 0 Å². The molecular formula is C16H24N2. The summed E-state index contributed by atoms with van der Waals surface area (Å²) in [4.78, 5) is 2.51. The van der Waals surface area contributed by atoms with Crippen LogP contribution in [0.1, 0.15) is 24.5 Å². The predicted octanol–water partition coefficient (Wildman–Crippen LogP) is 2.29. The first kappa shape index (κ1) is 12.2. The van der Waals surface area contributed by atoms with E-state index >= 15 is 0 Å². The van der Waals surface area contributed by atoms with Crippen LogP contribution in [0, 0.1) is 11.8 Å². The van der Waals surface area contributed by atoms with Crippen molar-refractivity contribution >= 4 is 0 Å². The fraction of sp³-hybridized carbons (Fsp3) is 0.625. The van der Waals surface area contributed by atoms with E-state index in [2.05, 4.69) is 48.5 Å². The Kier molecular flexibility index (Phi) is 3.40. The van der Waals surface area contributed by atoms with Crippen molar-refractivity contribution in [2.45, 2.75) is 32.4 Å². The van der Waals surface area contributed by atoms with Crippen molar-refractivity contribution in [2.75, 3.05) is 20.1 Å². The first-order chi connectivity index (χ1) is 8.72. The van der Waals surface area contributed by atoms with Crippen LogP contribution in [0.5, 0.6) is 0 Å². The van der Waals surface area contributed by atoms with Crippen molar-refractivity contribution in [3.8, 4) is 0 Å². The molecule has 1 N–H and O–H groups in total. The monoisotopic (exact) mass is 244 g/mol. The van der Waals surface area contributed by atoms with Crippen LogP contribution in [0.25, 0.3) is 0 Å². The van der Waals surface area contributed by atoms with E-state index in [9.17, 15) is 0 Å². The summed E-state index contributed by atoms with van der Waals surface area (Å²) >= 11 is 0. The van der Waals surface area contributed by atoms with Crippen molar-refractivity contribution in [3.05, 3.63) is 35.4 Å². The van der Waals surface area contributed by atoms with E-state index in [1.165, 1.54) is 37.1 Å². The van der Waals surface area contributed by atoms with Crippen LogP contribution in [0.4, 0.5) is 0 Å². The van der Waals surface area contributed by atoms with Gasteiger partial charge in [0.1, 0.15) is 0 Å². The van der Waals surface area contributed by atoms with Crippen LogP contribution < -0.4 is 5.32 Å². The molecule has 18 heavy (non-hydrogen) atoms. The first-order valence-corrected chi connectivity index (χ1v) is 7.21. The van der Waals surface area contributed by atoms with Crippen LogP contribution in [0.15, 0.2) is 24.3 Å². The minimum Gasteiger partial charge on any atom is -0.308 e. The van der Waals surface area contributed by atoms with E-state index in [1.807, 2.05) is 0 Å². The van der Waals surface area contributed by atoms with Gasteiger partial charge < -0.3 is 10.2 Å². The average molecular weight is 244 g/mol. The maximum Gasteiger partial charge on any atom is 0.0238 e. The molecule has 1 heterocycles. The first-order valence-electron chi connectivity index (χ1n) is 7.21. The van der Waals surface area contributed by atoms with Crippen LogP contribution in [-0.2, 0) is 13.0 Å². The van der Waals surface area contributed by atoms with Crippen molar-refractivity contribution < 1.29 is 0 Å². The van der Waals surface area contributed by atoms with Crippen LogP contribution in [-0.4, -0.2) is 31.1 Å². The fourth-order valence-electron chi connectivity index (χ4n) is 3.15. The van der Waals surface area contributed by atoms with Gasteiger partial charge in [0.25, 0.3) is 0 Å². The summed E-state index contributed by atoms with van der Waals surface area (Å²) in [5, 5.41) is 3.67. The smallest absolute Gasteiger partial charge is 0.0238 e. The molecule has 0 bridgehead atoms. The molecule has 2 nitrogen and oxygen atoms in total. The minimum absolute atomic E-state index is 0.624. The number of fused-ring (bicyclic) bond motifs is 1. The number of nitrogens with one attached hydrogen (secondary N) is 1. The lowest BCUT2D eigenvalue weighted by Crippen LogP contribution is -2.44. The summed E-state index contributed by atoms with van der Waals surface area (Å²) < 4.78 is 0. The molecule has 2 aliphatic rings. The third kappa shape index (κ3) is 2.76. The van der Waals surface area contributed by atoms with E-state index in [-0.39, 0.29) is 0 Å². The van der Waals surface area contributed by atoms with Crippen LogP contribution >= 0.6 is 0 Å². The summed E-state index contributed by atoms with van der Waals surface area (Å²) in [6.45, 7) is 5.86. The SMILES string of the molecule is CC1CC1CN(C)CC1Cc2ccccc2CN1. The zero-order valence-corrected chi connectivity index (χ0v) is 11.5. The highest BCUT2D eigenvalue weighted by Crippen LogP contribution is 2.37. The Morgan fingerprint density at radius 3 is 2.67 bits per heavy atom. The molecule has 3 rings (SSSR count). The Morgan fingerprint density at radius 2 is 1.94 bits per heavy atom. The molecule has 1 aliphatic carbocycles. The summed E-state index contributed by atoms with van der Waals surface area (Å²) in [5.74, 6) is 1.93. The molecule has 3 atom stereocenters. The van der Waals surface area contributed by atoms with Crippen LogP contribution in [0.3, 0.4) is 0 Å². The normalized spacial score (nSPS) is 30.3. The zero-order valence-electron chi connectivity index (χ0n) is 11.5. The molecule has 3 unspecified atom stereocenters. The highest BCUT2D eigenvalue weighted by molar-refractivity contribution is 5.29. The fourth-order valence-corrected chi connectivity index (χ4v) is 3.15. The van der Waals surface area contributed by atoms with E-state index in [0.29, 0.717) is 6.04 Å². The van der Waals surface area contributed by atoms with Crippen molar-refractivity contribution in [1.82, 2.24) is 10.2 Å². The van der Waals surface area contributed by atoms with E-state index in [1.54, 1.807) is 0 Å². The third-order valence-corrected chi connectivity index (χ3v) is 4.52. The van der Waals surface area contributed by atoms with E-state index < -0.39 is 0 Å². The number of hydrogen-bond acceptors (Lipinski definition) is 2. The average Bonchev–Trinajstić information content (AvgIpc) is 3.04. The van der Waals surface area contributed by atoms with Gasteiger partial charge in [0.05, 0.1) is 0 Å². The topological polar surface area (TPSA) is 15.3 Å². The molecule has 0 spiro atoms. The Morgan fingerprint density at radius 1 is 1.22 bits per heavy atom. The zero-order chi connectivity index (χ0) is 12.5. The van der Waals surface area contributed by atoms with Gasteiger partial charge in [-0.3, -0.25) is 0 Å². The molecule has 1 saturated carbocycles. The van der Waals surface area contributed by atoms with Gasteiger partial charge >= 0.3 is 0 Å². The highest BCUT2D eigenvalue weighted by Gasteiger charge is 2.33. The number of hydrogen-bond donors (Lipinski definition) is 1. The number of nitrogens with zero attached hydrogens (tertiary/aromatic N) is 1. The summed E-state index contributed by atoms with van der Waals surface area (Å²) in [7, 11) is 2.27. The van der Waals surface area contributed by atoms with Gasteiger partial charge in [-0.1, -0.05) is 31.2 Å². The largest absolute Gasteiger partial charge is 0.308 e. The van der Waals surface area contributed by atoms with E-state index in [4.69, 9.17) is 0 Å². The molecule has 0 amide bonds. The molecule has 1 fully saturated rings. The van der Waals surface area contributed by atoms with Gasteiger partial charge in [-0.15, -0.1) is 0 Å². The Hall–Kier alpha value is -0.860. The molecule has 1 aromatic carbocycles. The standard InChI is InChI=1S/C16H24N2/c1-12-7-15(12)10-18(2)11-16-8-13-5-3-4-6-14(13)9-17-16/h3-6,12,15-17H,7-11H2,1-2H3. The molecule has 0 aromatic heterocycles. The second kappa shape index (κ2) is 5.02. The molecule has 0 radical (unpaired) electrons. The minimum atomic E-state index is 0.624. The Balaban J connectivity index is 1.52. The van der Waals surface area contributed by atoms with Gasteiger partial charge in [0.15, 0.2) is 0 Å². The van der Waals surface area contributed by atoms with Gasteiger partial charge in [0, 0.05) is 25.7 Å². The summed E-state index contributed by atoms with van der Waals surface area (Å²) in [6.07, 6.45) is 2.62. The van der Waals surface area contributed by atoms with Gasteiger partial charge in [-0.2, -0.15) is 0 Å². The quantitative estimate of drug-likeness (QED) is 0.874. The maximum absolute atomic E-state index is 3.67. The van der Waals surface area contributed by atoms with Gasteiger partial charge in [-0.05, 0) is 42.9 Å². The van der Waals surface area contributed by atoms with Crippen molar-refractivity contribution in [1.29, 1.82) is 0 Å². The molecule has 1 aromatic rings. The Bertz CT molecular complexity index is 415. The highest BCUT2D eigenvalue weighted by atomic mass is 15.1. The lowest BCUT2D eigenvalue weighted by atomic mass is 9.95. The second-order valence-electron chi connectivity index (χ2n) is 6.24. The molecular weight excluding hydrogens is 220 g/mol. The maximum atomic E-state index is 3.67. The number of benzene rings is 1. The second-order valence-corrected chi connectivity index (χ2v) is 6.24. The van der Waals surface area contributed by atoms with Crippen molar-refractivity contribution in [3.63, 3.8) is 0 Å². The third-order valence-electron chi connectivity index (χ3n) is 4.52. The molecule has 0 saturated heterocycles. The number of likely N-dealkylation sites (N-methyl/N-ethyl adjacent to an activating group) is 1. The van der Waals surface area contributed by atoms with Gasteiger partial charge in [-0.25, -0.2) is 0 Å². The Labute approximate surface area is 110 Å².